The van der Waals surface area contributed by atoms with E-state index in [4.69, 9.17) is 0 Å². The summed E-state index contributed by atoms with van der Waals surface area (Å²) in [5, 5.41) is 0. The summed E-state index contributed by atoms with van der Waals surface area (Å²) in [5.41, 5.74) is 0. The second kappa shape index (κ2) is 9.07. The van der Waals surface area contributed by atoms with Gasteiger partial charge in [-0.1, -0.05) is 39.5 Å². The van der Waals surface area contributed by atoms with Gasteiger partial charge < -0.3 is 4.74 Å². The molecule has 0 heterocycles. The average molecular weight is 250 g/mol. The Kier molecular flexibility index (Phi) is 8.54. The van der Waals surface area contributed by atoms with Gasteiger partial charge in [-0.05, 0) is 12.8 Å². The van der Waals surface area contributed by atoms with Crippen LogP contribution >= 0.6 is 0 Å². The molecule has 2 atom stereocenters. The highest BCUT2D eigenvalue weighted by atomic mass is 19.1. The molecule has 5 heteroatoms. The molecule has 0 aliphatic carbocycles. The van der Waals surface area contributed by atoms with Gasteiger partial charge in [-0.3, -0.25) is 0 Å². The second-order valence-electron chi connectivity index (χ2n) is 3.96. The van der Waals surface area contributed by atoms with E-state index in [0.717, 1.165) is 12.8 Å². The summed E-state index contributed by atoms with van der Waals surface area (Å²) in [5.74, 6) is -2.55. The molecule has 0 rings (SSSR count). The summed E-state index contributed by atoms with van der Waals surface area (Å²) in [4.78, 5) is 22.1. The normalized spacial score (nSPS) is 14.1. The average Bonchev–Trinajstić information content (AvgIpc) is 2.32. The fraction of sp³-hybridized carbons (Fsp3) is 0.833. The van der Waals surface area contributed by atoms with Gasteiger partial charge in [0.05, 0.1) is 0 Å². The second-order valence-corrected chi connectivity index (χ2v) is 3.96. The first-order valence-electron chi connectivity index (χ1n) is 6.06. The zero-order valence-electron chi connectivity index (χ0n) is 10.4. The molecule has 0 aliphatic rings. The largest absolute Gasteiger partial charge is 0.389 e. The molecule has 0 aromatic rings. The van der Waals surface area contributed by atoms with E-state index < -0.39 is 24.3 Å². The van der Waals surface area contributed by atoms with Crippen molar-refractivity contribution in [2.45, 2.75) is 64.7 Å². The Balaban J connectivity index is 3.97. The fourth-order valence-electron chi connectivity index (χ4n) is 1.23. The van der Waals surface area contributed by atoms with Crippen LogP contribution in [0, 0.1) is 0 Å². The molecule has 3 nitrogen and oxygen atoms in total. The Labute approximate surface area is 101 Å². The van der Waals surface area contributed by atoms with E-state index in [2.05, 4.69) is 4.74 Å². The van der Waals surface area contributed by atoms with Crippen LogP contribution in [0.3, 0.4) is 0 Å². The zero-order valence-corrected chi connectivity index (χ0v) is 10.4. The van der Waals surface area contributed by atoms with Crippen molar-refractivity contribution in [1.82, 2.24) is 0 Å². The molecular weight excluding hydrogens is 230 g/mol. The minimum Gasteiger partial charge on any atom is -0.389 e. The van der Waals surface area contributed by atoms with Crippen LogP contribution in [0.15, 0.2) is 0 Å². The van der Waals surface area contributed by atoms with Gasteiger partial charge in [-0.25, -0.2) is 18.4 Å². The molecule has 0 saturated carbocycles. The number of ether oxygens (including phenoxy) is 1. The molecule has 0 bridgehead atoms. The Bertz CT molecular complexity index is 220. The minimum absolute atomic E-state index is 0.00846. The molecule has 0 spiro atoms. The predicted octanol–water partition coefficient (Wildman–Crippen LogP) is 3.11. The zero-order chi connectivity index (χ0) is 13.3. The molecular formula is C12H20F2O3. The third kappa shape index (κ3) is 7.02. The number of unbranched alkanes of at least 4 members (excludes halogenated alkanes) is 2. The highest BCUT2D eigenvalue weighted by Gasteiger charge is 2.26. The van der Waals surface area contributed by atoms with E-state index in [1.165, 1.54) is 0 Å². The number of rotatable bonds is 8. The molecule has 0 amide bonds. The lowest BCUT2D eigenvalue weighted by atomic mass is 10.2. The van der Waals surface area contributed by atoms with Crippen LogP contribution in [-0.4, -0.2) is 24.3 Å². The van der Waals surface area contributed by atoms with Gasteiger partial charge in [0.15, 0.2) is 12.3 Å². The van der Waals surface area contributed by atoms with Gasteiger partial charge in [0, 0.05) is 0 Å². The highest BCUT2D eigenvalue weighted by molar-refractivity contribution is 5.89. The first-order chi connectivity index (χ1) is 8.02. The third-order valence-corrected chi connectivity index (χ3v) is 2.33. The first-order valence-corrected chi connectivity index (χ1v) is 6.06. The number of carbonyl (C=O) groups excluding carboxylic acids is 2. The van der Waals surface area contributed by atoms with Crippen molar-refractivity contribution in [3.63, 3.8) is 0 Å². The summed E-state index contributed by atoms with van der Waals surface area (Å²) in [6.45, 7) is 3.71. The summed E-state index contributed by atoms with van der Waals surface area (Å²) in [6.07, 6.45) is -1.12. The monoisotopic (exact) mass is 250 g/mol. The van der Waals surface area contributed by atoms with Crippen molar-refractivity contribution in [2.24, 2.45) is 0 Å². The van der Waals surface area contributed by atoms with Crippen molar-refractivity contribution in [3.8, 4) is 0 Å². The highest BCUT2D eigenvalue weighted by Crippen LogP contribution is 2.10. The van der Waals surface area contributed by atoms with Gasteiger partial charge in [0.2, 0.25) is 0 Å². The van der Waals surface area contributed by atoms with E-state index in [1.807, 2.05) is 13.8 Å². The molecule has 0 aliphatic heterocycles. The van der Waals surface area contributed by atoms with E-state index in [1.54, 1.807) is 0 Å². The number of hydrogen-bond donors (Lipinski definition) is 0. The van der Waals surface area contributed by atoms with Crippen molar-refractivity contribution >= 4 is 11.9 Å². The molecule has 0 N–H and O–H groups in total. The van der Waals surface area contributed by atoms with Crippen molar-refractivity contribution < 1.29 is 23.1 Å². The molecule has 0 fully saturated rings. The van der Waals surface area contributed by atoms with E-state index >= 15 is 0 Å². The number of halogens is 2. The van der Waals surface area contributed by atoms with Crippen LogP contribution < -0.4 is 0 Å². The smallest absolute Gasteiger partial charge is 0.348 e. The quantitative estimate of drug-likeness (QED) is 0.491. The van der Waals surface area contributed by atoms with Gasteiger partial charge in [0.25, 0.3) is 0 Å². The van der Waals surface area contributed by atoms with Crippen LogP contribution in [-0.2, 0) is 14.3 Å². The standard InChI is InChI=1S/C12H20F2O3/c1-3-5-7-9(13)11(15)17-12(16)10(14)8-6-4-2/h9-10H,3-8H2,1-2H3. The number of hydrogen-bond acceptors (Lipinski definition) is 3. The topological polar surface area (TPSA) is 43.4 Å². The number of alkyl halides is 2. The van der Waals surface area contributed by atoms with Gasteiger partial charge >= 0.3 is 11.9 Å². The van der Waals surface area contributed by atoms with Crippen LogP contribution in [0.2, 0.25) is 0 Å². The van der Waals surface area contributed by atoms with Crippen molar-refractivity contribution in [2.75, 3.05) is 0 Å². The third-order valence-electron chi connectivity index (χ3n) is 2.33. The van der Waals surface area contributed by atoms with Crippen LogP contribution in [0.1, 0.15) is 52.4 Å². The summed E-state index contributed by atoms with van der Waals surface area (Å²) < 4.78 is 30.4. The lowest BCUT2D eigenvalue weighted by molar-refractivity contribution is -0.167. The number of carbonyl (C=O) groups is 2. The molecule has 17 heavy (non-hydrogen) atoms. The molecule has 0 radical (unpaired) electrons. The summed E-state index contributed by atoms with van der Waals surface area (Å²) in [6, 6.07) is 0. The summed E-state index contributed by atoms with van der Waals surface area (Å²) in [7, 11) is 0. The van der Waals surface area contributed by atoms with Crippen LogP contribution in [0.25, 0.3) is 0 Å². The minimum atomic E-state index is -1.84. The molecule has 0 aromatic heterocycles. The SMILES string of the molecule is CCCCC(F)C(=O)OC(=O)C(F)CCCC. The van der Waals surface area contributed by atoms with Gasteiger partial charge in [-0.2, -0.15) is 0 Å². The van der Waals surface area contributed by atoms with Crippen molar-refractivity contribution in [1.29, 1.82) is 0 Å². The Morgan fingerprint density at radius 2 is 1.29 bits per heavy atom. The molecule has 2 unspecified atom stereocenters. The summed E-state index contributed by atoms with van der Waals surface area (Å²) >= 11 is 0. The Morgan fingerprint density at radius 1 is 0.941 bits per heavy atom. The maximum absolute atomic E-state index is 13.1. The van der Waals surface area contributed by atoms with Crippen LogP contribution in [0.5, 0.6) is 0 Å². The maximum atomic E-state index is 13.1. The van der Waals surface area contributed by atoms with Gasteiger partial charge in [-0.15, -0.1) is 0 Å². The lowest BCUT2D eigenvalue weighted by Crippen LogP contribution is -2.27. The number of esters is 2. The predicted molar refractivity (Wildman–Crippen MR) is 59.9 cm³/mol. The molecule has 100 valence electrons. The van der Waals surface area contributed by atoms with Crippen molar-refractivity contribution in [3.05, 3.63) is 0 Å². The van der Waals surface area contributed by atoms with E-state index in [9.17, 15) is 18.4 Å². The lowest BCUT2D eigenvalue weighted by Gasteiger charge is -2.09. The molecule has 0 aromatic carbocycles. The van der Waals surface area contributed by atoms with Crippen LogP contribution in [0.4, 0.5) is 8.78 Å². The molecule has 0 saturated heterocycles. The maximum Gasteiger partial charge on any atom is 0.348 e. The van der Waals surface area contributed by atoms with E-state index in [0.29, 0.717) is 12.8 Å². The fourth-order valence-corrected chi connectivity index (χ4v) is 1.23. The van der Waals surface area contributed by atoms with E-state index in [-0.39, 0.29) is 12.8 Å². The first kappa shape index (κ1) is 16.0. The Hall–Kier alpha value is -1.00. The van der Waals surface area contributed by atoms with Gasteiger partial charge in [0.1, 0.15) is 0 Å². The Morgan fingerprint density at radius 3 is 1.59 bits per heavy atom.